The first kappa shape index (κ1) is 18.8. The molecule has 1 saturated heterocycles. The van der Waals surface area contributed by atoms with E-state index in [2.05, 4.69) is 6.92 Å². The Hall–Kier alpha value is -0.240. The minimum atomic E-state index is -1.28. The molecule has 0 spiro atoms. The zero-order chi connectivity index (χ0) is 15.7. The molecule has 0 aromatic rings. The zero-order valence-electron chi connectivity index (χ0n) is 13.1. The molecule has 21 heavy (non-hydrogen) atoms. The molecule has 0 aromatic carbocycles. The summed E-state index contributed by atoms with van der Waals surface area (Å²) in [5.41, 5.74) is 0. The van der Waals surface area contributed by atoms with Crippen molar-refractivity contribution in [2.45, 2.75) is 76.2 Å². The molecule has 0 bridgehead atoms. The van der Waals surface area contributed by atoms with Gasteiger partial charge in [-0.1, -0.05) is 39.0 Å². The number of methoxy groups -OCH3 is 1. The second kappa shape index (κ2) is 10.5. The molecule has 0 amide bonds. The van der Waals surface area contributed by atoms with Gasteiger partial charge in [-0.3, -0.25) is 0 Å². The van der Waals surface area contributed by atoms with Crippen molar-refractivity contribution in [2.75, 3.05) is 20.3 Å². The van der Waals surface area contributed by atoms with Gasteiger partial charge in [0.1, 0.15) is 24.4 Å². The molecule has 6 heteroatoms. The average molecular weight is 306 g/mol. The first-order valence-corrected chi connectivity index (χ1v) is 7.92. The van der Waals surface area contributed by atoms with E-state index in [1.807, 2.05) is 0 Å². The van der Waals surface area contributed by atoms with Crippen molar-refractivity contribution < 1.29 is 29.5 Å². The van der Waals surface area contributed by atoms with Crippen LogP contribution < -0.4 is 0 Å². The monoisotopic (exact) mass is 306 g/mol. The van der Waals surface area contributed by atoms with Gasteiger partial charge in [-0.2, -0.15) is 0 Å². The van der Waals surface area contributed by atoms with Crippen LogP contribution in [0.4, 0.5) is 0 Å². The lowest BCUT2D eigenvalue weighted by molar-refractivity contribution is -0.302. The smallest absolute Gasteiger partial charge is 0.186 e. The lowest BCUT2D eigenvalue weighted by Crippen LogP contribution is -2.59. The van der Waals surface area contributed by atoms with Crippen LogP contribution in [0.2, 0.25) is 0 Å². The highest BCUT2D eigenvalue weighted by atomic mass is 16.7. The van der Waals surface area contributed by atoms with Gasteiger partial charge in [0.15, 0.2) is 6.29 Å². The summed E-state index contributed by atoms with van der Waals surface area (Å²) < 4.78 is 15.9. The predicted octanol–water partition coefficient (Wildman–Crippen LogP) is 0.817. The first-order chi connectivity index (χ1) is 10.1. The maximum Gasteiger partial charge on any atom is 0.186 e. The van der Waals surface area contributed by atoms with Crippen LogP contribution in [0.15, 0.2) is 0 Å². The predicted molar refractivity (Wildman–Crippen MR) is 77.9 cm³/mol. The second-order valence-electron chi connectivity index (χ2n) is 5.61. The lowest BCUT2D eigenvalue weighted by atomic mass is 9.99. The summed E-state index contributed by atoms with van der Waals surface area (Å²) in [6, 6.07) is 0. The highest BCUT2D eigenvalue weighted by Crippen LogP contribution is 2.22. The summed E-state index contributed by atoms with van der Waals surface area (Å²) in [6.07, 6.45) is 1.56. The number of rotatable bonds is 10. The summed E-state index contributed by atoms with van der Waals surface area (Å²) in [6.45, 7) is 2.79. The summed E-state index contributed by atoms with van der Waals surface area (Å²) >= 11 is 0. The summed E-state index contributed by atoms with van der Waals surface area (Å²) in [5.74, 6) is 0. The topological polar surface area (TPSA) is 88.4 Å². The molecule has 0 unspecified atom stereocenters. The van der Waals surface area contributed by atoms with E-state index in [0.717, 1.165) is 12.8 Å². The molecule has 5 atom stereocenters. The van der Waals surface area contributed by atoms with Crippen molar-refractivity contribution in [3.8, 4) is 0 Å². The van der Waals surface area contributed by atoms with Crippen LogP contribution >= 0.6 is 0 Å². The van der Waals surface area contributed by atoms with Gasteiger partial charge >= 0.3 is 0 Å². The number of aliphatic hydroxyl groups excluding tert-OH is 3. The Morgan fingerprint density at radius 3 is 2.24 bits per heavy atom. The van der Waals surface area contributed by atoms with Crippen LogP contribution in [-0.2, 0) is 14.2 Å². The third kappa shape index (κ3) is 6.18. The molecule has 1 rings (SSSR count). The summed E-state index contributed by atoms with van der Waals surface area (Å²) in [7, 11) is 1.49. The Labute approximate surface area is 127 Å². The molecule has 1 heterocycles. The van der Waals surface area contributed by atoms with Gasteiger partial charge in [-0.05, 0) is 6.42 Å². The number of unbranched alkanes of at least 4 members (excludes halogenated alkanes) is 5. The van der Waals surface area contributed by atoms with Crippen LogP contribution in [0.1, 0.15) is 45.4 Å². The maximum atomic E-state index is 9.87. The maximum absolute atomic E-state index is 9.87. The standard InChI is InChI=1S/C15H30O6/c1-3-4-5-6-7-8-9-20-15-14(18)13(17)12(16)11(21-15)10-19-2/h11-18H,3-10H2,1-2H3/t11-,12-,13+,14-,15-/m1/s1. The molecule has 0 radical (unpaired) electrons. The fourth-order valence-electron chi connectivity index (χ4n) is 2.44. The number of hydrogen-bond acceptors (Lipinski definition) is 6. The van der Waals surface area contributed by atoms with Crippen molar-refractivity contribution >= 4 is 0 Å². The average Bonchev–Trinajstić information content (AvgIpc) is 2.48. The normalized spacial score (nSPS) is 33.3. The third-order valence-corrected chi connectivity index (χ3v) is 3.78. The lowest BCUT2D eigenvalue weighted by Gasteiger charge is -2.40. The molecule has 0 aliphatic carbocycles. The number of aliphatic hydroxyl groups is 3. The van der Waals surface area contributed by atoms with Crippen LogP contribution in [0.3, 0.4) is 0 Å². The molecule has 3 N–H and O–H groups in total. The largest absolute Gasteiger partial charge is 0.387 e. The Morgan fingerprint density at radius 1 is 0.905 bits per heavy atom. The van der Waals surface area contributed by atoms with E-state index in [-0.39, 0.29) is 6.61 Å². The Morgan fingerprint density at radius 2 is 1.57 bits per heavy atom. The van der Waals surface area contributed by atoms with E-state index in [1.165, 1.54) is 32.8 Å². The van der Waals surface area contributed by atoms with Crippen LogP contribution in [0.25, 0.3) is 0 Å². The molecular formula is C15H30O6. The highest BCUT2D eigenvalue weighted by Gasteiger charge is 2.44. The van der Waals surface area contributed by atoms with Crippen LogP contribution in [0.5, 0.6) is 0 Å². The molecular weight excluding hydrogens is 276 g/mol. The fraction of sp³-hybridized carbons (Fsp3) is 1.00. The van der Waals surface area contributed by atoms with Crippen molar-refractivity contribution in [1.82, 2.24) is 0 Å². The Kier molecular flexibility index (Phi) is 9.39. The quantitative estimate of drug-likeness (QED) is 0.518. The van der Waals surface area contributed by atoms with Crippen molar-refractivity contribution in [3.63, 3.8) is 0 Å². The molecule has 1 aliphatic rings. The molecule has 1 fully saturated rings. The summed E-state index contributed by atoms with van der Waals surface area (Å²) in [4.78, 5) is 0. The molecule has 1 aliphatic heterocycles. The zero-order valence-corrected chi connectivity index (χ0v) is 13.1. The van der Waals surface area contributed by atoms with Crippen molar-refractivity contribution in [2.24, 2.45) is 0 Å². The molecule has 126 valence electrons. The number of hydrogen-bond donors (Lipinski definition) is 3. The summed E-state index contributed by atoms with van der Waals surface area (Å²) in [5, 5.41) is 29.4. The molecule has 6 nitrogen and oxygen atoms in total. The SMILES string of the molecule is CCCCCCCCO[C@@H]1O[C@H](COC)[C@@H](O)[C@H](O)[C@H]1O. The van der Waals surface area contributed by atoms with Gasteiger partial charge < -0.3 is 29.5 Å². The van der Waals surface area contributed by atoms with E-state index < -0.39 is 30.7 Å². The Balaban J connectivity index is 2.26. The fourth-order valence-corrected chi connectivity index (χ4v) is 2.44. The van der Waals surface area contributed by atoms with Crippen molar-refractivity contribution in [1.29, 1.82) is 0 Å². The Bertz CT molecular complexity index is 263. The molecule has 0 aromatic heterocycles. The highest BCUT2D eigenvalue weighted by molar-refractivity contribution is 4.89. The van der Waals surface area contributed by atoms with Gasteiger partial charge in [0, 0.05) is 13.7 Å². The van der Waals surface area contributed by atoms with Gasteiger partial charge in [0.25, 0.3) is 0 Å². The van der Waals surface area contributed by atoms with E-state index in [4.69, 9.17) is 14.2 Å². The van der Waals surface area contributed by atoms with Crippen LogP contribution in [0, 0.1) is 0 Å². The van der Waals surface area contributed by atoms with Gasteiger partial charge in [-0.15, -0.1) is 0 Å². The van der Waals surface area contributed by atoms with E-state index in [1.54, 1.807) is 0 Å². The van der Waals surface area contributed by atoms with Gasteiger partial charge in [0.05, 0.1) is 6.61 Å². The minimum Gasteiger partial charge on any atom is -0.387 e. The first-order valence-electron chi connectivity index (χ1n) is 7.92. The van der Waals surface area contributed by atoms with E-state index in [0.29, 0.717) is 6.61 Å². The molecule has 0 saturated carbocycles. The van der Waals surface area contributed by atoms with Crippen molar-refractivity contribution in [3.05, 3.63) is 0 Å². The third-order valence-electron chi connectivity index (χ3n) is 3.78. The minimum absolute atomic E-state index is 0.141. The van der Waals surface area contributed by atoms with E-state index in [9.17, 15) is 15.3 Å². The van der Waals surface area contributed by atoms with Gasteiger partial charge in [0.2, 0.25) is 0 Å². The second-order valence-corrected chi connectivity index (χ2v) is 5.61. The van der Waals surface area contributed by atoms with E-state index >= 15 is 0 Å². The number of ether oxygens (including phenoxy) is 3. The van der Waals surface area contributed by atoms with Gasteiger partial charge in [-0.25, -0.2) is 0 Å². The van der Waals surface area contributed by atoms with Crippen LogP contribution in [-0.4, -0.2) is 66.3 Å².